The van der Waals surface area contributed by atoms with Crippen molar-refractivity contribution in [3.63, 3.8) is 0 Å². The first-order valence-electron chi connectivity index (χ1n) is 12.1. The summed E-state index contributed by atoms with van der Waals surface area (Å²) < 4.78 is 15.2. The molecule has 0 atom stereocenters. The Morgan fingerprint density at radius 3 is 2.43 bits per heavy atom. The lowest BCUT2D eigenvalue weighted by Crippen LogP contribution is -2.44. The molecule has 35 heavy (non-hydrogen) atoms. The first-order chi connectivity index (χ1) is 17.1. The van der Waals surface area contributed by atoms with Gasteiger partial charge in [-0.15, -0.1) is 0 Å². The van der Waals surface area contributed by atoms with E-state index in [1.165, 1.54) is 37.0 Å². The van der Waals surface area contributed by atoms with Crippen LogP contribution in [0.3, 0.4) is 0 Å². The summed E-state index contributed by atoms with van der Waals surface area (Å²) in [4.78, 5) is 13.8. The molecular formula is C26H29ClFN7. The minimum absolute atomic E-state index is 0.279. The Kier molecular flexibility index (Phi) is 6.83. The predicted molar refractivity (Wildman–Crippen MR) is 140 cm³/mol. The van der Waals surface area contributed by atoms with Crippen LogP contribution in [0.1, 0.15) is 26.7 Å². The van der Waals surface area contributed by atoms with Gasteiger partial charge < -0.3 is 15.1 Å². The van der Waals surface area contributed by atoms with Crippen molar-refractivity contribution in [1.29, 1.82) is 0 Å². The number of halogens is 2. The van der Waals surface area contributed by atoms with Crippen molar-refractivity contribution in [2.75, 3.05) is 36.4 Å². The van der Waals surface area contributed by atoms with Gasteiger partial charge in [-0.2, -0.15) is 5.10 Å². The fourth-order valence-corrected chi connectivity index (χ4v) is 5.10. The normalized spacial score (nSPS) is 14.7. The zero-order chi connectivity index (χ0) is 24.4. The molecule has 1 fully saturated rings. The third-order valence-electron chi connectivity index (χ3n) is 6.80. The minimum Gasteiger partial charge on any atom is -0.371 e. The number of nitrogens with zero attached hydrogens (tertiary/aromatic N) is 6. The summed E-state index contributed by atoms with van der Waals surface area (Å²) in [5.74, 6) is 0.167. The van der Waals surface area contributed by atoms with Crippen LogP contribution in [-0.4, -0.2) is 56.9 Å². The molecule has 2 aromatic heterocycles. The molecule has 3 heterocycles. The number of rotatable bonds is 7. The molecule has 0 amide bonds. The van der Waals surface area contributed by atoms with Crippen molar-refractivity contribution >= 4 is 39.8 Å². The Hall–Kier alpha value is -3.23. The highest BCUT2D eigenvalue weighted by atomic mass is 35.5. The zero-order valence-electron chi connectivity index (χ0n) is 20.0. The van der Waals surface area contributed by atoms with Gasteiger partial charge in [-0.3, -0.25) is 0 Å². The third-order valence-corrected chi connectivity index (χ3v) is 7.12. The van der Waals surface area contributed by atoms with Crippen LogP contribution in [-0.2, 0) is 0 Å². The van der Waals surface area contributed by atoms with E-state index in [-0.39, 0.29) is 5.02 Å². The van der Waals surface area contributed by atoms with E-state index >= 15 is 0 Å². The molecule has 0 saturated carbocycles. The van der Waals surface area contributed by atoms with Gasteiger partial charge in [-0.25, -0.2) is 19.0 Å². The van der Waals surface area contributed by atoms with E-state index in [4.69, 9.17) is 11.6 Å². The number of benzene rings is 2. The van der Waals surface area contributed by atoms with Crippen LogP contribution in [0.15, 0.2) is 55.0 Å². The Morgan fingerprint density at radius 2 is 1.74 bits per heavy atom. The van der Waals surface area contributed by atoms with Crippen molar-refractivity contribution in [3.05, 3.63) is 65.8 Å². The zero-order valence-corrected chi connectivity index (χ0v) is 20.7. The third kappa shape index (κ3) is 4.81. The molecule has 5 rings (SSSR count). The number of hydrogen-bond acceptors (Lipinski definition) is 6. The summed E-state index contributed by atoms with van der Waals surface area (Å²) in [7, 11) is 0. The molecule has 7 nitrogen and oxygen atoms in total. The van der Waals surface area contributed by atoms with Gasteiger partial charge >= 0.3 is 0 Å². The molecule has 2 aromatic carbocycles. The van der Waals surface area contributed by atoms with Crippen LogP contribution < -0.4 is 10.2 Å². The highest BCUT2D eigenvalue weighted by Gasteiger charge is 2.23. The molecule has 4 aromatic rings. The SMILES string of the molecule is CCN(CC)C1CCN(c2ccc(-n3ncc4c(Nc5ccc(F)cc5Cl)ncnc43)cc2)CC1. The number of anilines is 3. The summed E-state index contributed by atoms with van der Waals surface area (Å²) in [5.41, 5.74) is 3.39. The topological polar surface area (TPSA) is 62.1 Å². The number of fused-ring (bicyclic) bond motifs is 1. The lowest BCUT2D eigenvalue weighted by molar-refractivity contribution is 0.186. The predicted octanol–water partition coefficient (Wildman–Crippen LogP) is 5.66. The quantitative estimate of drug-likeness (QED) is 0.358. The molecule has 9 heteroatoms. The maximum absolute atomic E-state index is 13.4. The molecule has 0 aliphatic carbocycles. The molecule has 0 spiro atoms. The van der Waals surface area contributed by atoms with Crippen molar-refractivity contribution in [2.45, 2.75) is 32.7 Å². The van der Waals surface area contributed by atoms with Crippen LogP contribution in [0.5, 0.6) is 0 Å². The van der Waals surface area contributed by atoms with Crippen molar-refractivity contribution in [1.82, 2.24) is 24.6 Å². The Bertz CT molecular complexity index is 1300. The summed E-state index contributed by atoms with van der Waals surface area (Å²) in [6.07, 6.45) is 5.59. The molecule has 0 unspecified atom stereocenters. The molecule has 1 aliphatic heterocycles. The number of aromatic nitrogens is 4. The van der Waals surface area contributed by atoms with Crippen molar-refractivity contribution in [3.8, 4) is 5.69 Å². The molecule has 182 valence electrons. The maximum Gasteiger partial charge on any atom is 0.168 e. The fourth-order valence-electron chi connectivity index (χ4n) is 4.88. The average molecular weight is 494 g/mol. The fraction of sp³-hybridized carbons (Fsp3) is 0.346. The van der Waals surface area contributed by atoms with Crippen molar-refractivity contribution < 1.29 is 4.39 Å². The van der Waals surface area contributed by atoms with Gasteiger partial charge in [0.25, 0.3) is 0 Å². The lowest BCUT2D eigenvalue weighted by atomic mass is 10.0. The first-order valence-corrected chi connectivity index (χ1v) is 12.5. The van der Waals surface area contributed by atoms with Crippen LogP contribution in [0.25, 0.3) is 16.7 Å². The van der Waals surface area contributed by atoms with E-state index in [1.807, 2.05) is 0 Å². The molecule has 1 aliphatic rings. The van der Waals surface area contributed by atoms with Crippen LogP contribution in [0, 0.1) is 5.82 Å². The number of nitrogens with one attached hydrogen (secondary N) is 1. The number of hydrogen-bond donors (Lipinski definition) is 1. The van der Waals surface area contributed by atoms with E-state index in [2.05, 4.69) is 68.3 Å². The summed E-state index contributed by atoms with van der Waals surface area (Å²) in [5, 5.41) is 8.75. The van der Waals surface area contributed by atoms with Gasteiger partial charge in [0.05, 0.1) is 28.0 Å². The Balaban J connectivity index is 1.34. The minimum atomic E-state index is -0.391. The Labute approximate surface area is 209 Å². The molecule has 0 radical (unpaired) electrons. The van der Waals surface area contributed by atoms with Crippen LogP contribution >= 0.6 is 11.6 Å². The van der Waals surface area contributed by atoms with Gasteiger partial charge in [0.15, 0.2) is 5.65 Å². The first kappa shape index (κ1) is 23.5. The average Bonchev–Trinajstić information content (AvgIpc) is 3.32. The Morgan fingerprint density at radius 1 is 1.03 bits per heavy atom. The van der Waals surface area contributed by atoms with Gasteiger partial charge in [0.2, 0.25) is 0 Å². The standard InChI is InChI=1S/C26H29ClFN7/c1-3-33(4-2)20-11-13-34(14-12-20)19-6-8-21(9-7-19)35-26-22(16-31-35)25(29-17-30-26)32-24-10-5-18(28)15-23(24)27/h5-10,15-17,20H,3-4,11-14H2,1-2H3,(H,29,30,32). The van der Waals surface area contributed by atoms with E-state index in [9.17, 15) is 4.39 Å². The second-order valence-corrected chi connectivity index (χ2v) is 9.13. The monoisotopic (exact) mass is 493 g/mol. The smallest absolute Gasteiger partial charge is 0.168 e. The van der Waals surface area contributed by atoms with Gasteiger partial charge in [-0.05, 0) is 68.4 Å². The second kappa shape index (κ2) is 10.2. The van der Waals surface area contributed by atoms with E-state index in [1.54, 1.807) is 16.9 Å². The summed E-state index contributed by atoms with van der Waals surface area (Å²) in [6, 6.07) is 13.3. The summed E-state index contributed by atoms with van der Waals surface area (Å²) in [6.45, 7) is 8.86. The molecule has 0 bridgehead atoms. The lowest BCUT2D eigenvalue weighted by Gasteiger charge is -2.38. The largest absolute Gasteiger partial charge is 0.371 e. The summed E-state index contributed by atoms with van der Waals surface area (Å²) >= 11 is 6.18. The van der Waals surface area contributed by atoms with Gasteiger partial charge in [0, 0.05) is 24.8 Å². The highest BCUT2D eigenvalue weighted by Crippen LogP contribution is 2.30. The van der Waals surface area contributed by atoms with E-state index in [0.717, 1.165) is 37.3 Å². The highest BCUT2D eigenvalue weighted by molar-refractivity contribution is 6.33. The van der Waals surface area contributed by atoms with E-state index < -0.39 is 5.82 Å². The maximum atomic E-state index is 13.4. The molecule has 1 N–H and O–H groups in total. The molecular weight excluding hydrogens is 465 g/mol. The van der Waals surface area contributed by atoms with Gasteiger partial charge in [-0.1, -0.05) is 25.4 Å². The van der Waals surface area contributed by atoms with Crippen molar-refractivity contribution in [2.24, 2.45) is 0 Å². The van der Waals surface area contributed by atoms with Crippen LogP contribution in [0.4, 0.5) is 21.6 Å². The van der Waals surface area contributed by atoms with Gasteiger partial charge in [0.1, 0.15) is 18.0 Å². The van der Waals surface area contributed by atoms with Crippen LogP contribution in [0.2, 0.25) is 5.02 Å². The van der Waals surface area contributed by atoms with E-state index in [0.29, 0.717) is 23.2 Å². The molecule has 1 saturated heterocycles. The number of piperidine rings is 1. The second-order valence-electron chi connectivity index (χ2n) is 8.72.